The summed E-state index contributed by atoms with van der Waals surface area (Å²) in [5.74, 6) is 0. The minimum absolute atomic E-state index is 0.207. The number of aromatic nitrogens is 1. The monoisotopic (exact) mass is 287 g/mol. The SMILES string of the molecule is CC(C)(C)[Si](C)(C)OCCOc1ncc(C=O)s1. The van der Waals surface area contributed by atoms with Crippen LogP contribution in [-0.4, -0.2) is 32.8 Å². The molecule has 0 amide bonds. The van der Waals surface area contributed by atoms with E-state index in [9.17, 15) is 4.79 Å². The van der Waals surface area contributed by atoms with Gasteiger partial charge >= 0.3 is 0 Å². The van der Waals surface area contributed by atoms with Crippen LogP contribution in [0.3, 0.4) is 0 Å². The lowest BCUT2D eigenvalue weighted by Gasteiger charge is -2.36. The summed E-state index contributed by atoms with van der Waals surface area (Å²) >= 11 is 1.25. The molecular formula is C12H21NO3SSi. The van der Waals surface area contributed by atoms with E-state index < -0.39 is 8.32 Å². The summed E-state index contributed by atoms with van der Waals surface area (Å²) in [7, 11) is -1.70. The first-order valence-electron chi connectivity index (χ1n) is 5.94. The smallest absolute Gasteiger partial charge is 0.273 e. The van der Waals surface area contributed by atoms with Gasteiger partial charge in [-0.2, -0.15) is 0 Å². The molecule has 102 valence electrons. The lowest BCUT2D eigenvalue weighted by atomic mass is 10.2. The molecule has 0 aliphatic carbocycles. The van der Waals surface area contributed by atoms with Crippen molar-refractivity contribution in [2.24, 2.45) is 0 Å². The topological polar surface area (TPSA) is 48.4 Å². The molecule has 1 rings (SSSR count). The molecule has 0 N–H and O–H groups in total. The Balaban J connectivity index is 2.33. The van der Waals surface area contributed by atoms with Gasteiger partial charge in [-0.3, -0.25) is 4.79 Å². The Morgan fingerprint density at radius 2 is 2.06 bits per heavy atom. The molecule has 0 radical (unpaired) electrons. The van der Waals surface area contributed by atoms with Crippen LogP contribution in [0.5, 0.6) is 5.19 Å². The van der Waals surface area contributed by atoms with Crippen LogP contribution in [0.1, 0.15) is 30.4 Å². The van der Waals surface area contributed by atoms with Gasteiger partial charge in [0.05, 0.1) is 17.7 Å². The zero-order valence-electron chi connectivity index (χ0n) is 11.6. The van der Waals surface area contributed by atoms with Crippen molar-refractivity contribution in [1.29, 1.82) is 0 Å². The van der Waals surface area contributed by atoms with Crippen LogP contribution in [0.2, 0.25) is 18.1 Å². The molecule has 0 fully saturated rings. The molecule has 0 aromatic carbocycles. The number of nitrogens with zero attached hydrogens (tertiary/aromatic N) is 1. The highest BCUT2D eigenvalue weighted by Gasteiger charge is 2.36. The third-order valence-corrected chi connectivity index (χ3v) is 8.57. The number of ether oxygens (including phenoxy) is 1. The average Bonchev–Trinajstić information content (AvgIpc) is 2.70. The predicted octanol–water partition coefficient (Wildman–Crippen LogP) is 3.36. The molecule has 0 bridgehead atoms. The van der Waals surface area contributed by atoms with Gasteiger partial charge in [-0.25, -0.2) is 4.98 Å². The third kappa shape index (κ3) is 4.19. The van der Waals surface area contributed by atoms with Crippen LogP contribution in [0.4, 0.5) is 0 Å². The second-order valence-electron chi connectivity index (χ2n) is 5.60. The molecule has 18 heavy (non-hydrogen) atoms. The molecule has 0 saturated carbocycles. The maximum Gasteiger partial charge on any atom is 0.273 e. The first kappa shape index (κ1) is 15.3. The molecule has 0 aliphatic rings. The van der Waals surface area contributed by atoms with Crippen molar-refractivity contribution in [3.05, 3.63) is 11.1 Å². The normalized spacial score (nSPS) is 12.5. The lowest BCUT2D eigenvalue weighted by molar-refractivity contribution is 0.112. The van der Waals surface area contributed by atoms with Gasteiger partial charge in [-0.15, -0.1) is 0 Å². The fraction of sp³-hybridized carbons (Fsp3) is 0.667. The molecule has 0 saturated heterocycles. The fourth-order valence-corrected chi connectivity index (χ4v) is 2.66. The zero-order valence-corrected chi connectivity index (χ0v) is 13.5. The van der Waals surface area contributed by atoms with Gasteiger partial charge in [0, 0.05) is 0 Å². The maximum absolute atomic E-state index is 10.5. The van der Waals surface area contributed by atoms with Gasteiger partial charge in [0.15, 0.2) is 14.6 Å². The van der Waals surface area contributed by atoms with Gasteiger partial charge in [-0.1, -0.05) is 32.1 Å². The van der Waals surface area contributed by atoms with E-state index in [1.165, 1.54) is 17.5 Å². The highest BCUT2D eigenvalue weighted by molar-refractivity contribution is 7.15. The maximum atomic E-state index is 10.5. The highest BCUT2D eigenvalue weighted by Crippen LogP contribution is 2.36. The molecule has 1 aromatic rings. The fourth-order valence-electron chi connectivity index (χ4n) is 1.03. The minimum atomic E-state index is -1.70. The predicted molar refractivity (Wildman–Crippen MR) is 76.1 cm³/mol. The number of hydrogen-bond acceptors (Lipinski definition) is 5. The molecular weight excluding hydrogens is 266 g/mol. The first-order valence-corrected chi connectivity index (χ1v) is 9.66. The molecule has 0 unspecified atom stereocenters. The number of aldehydes is 1. The molecule has 1 heterocycles. The summed E-state index contributed by atoms with van der Waals surface area (Å²) in [5.41, 5.74) is 0. The average molecular weight is 287 g/mol. The second kappa shape index (κ2) is 5.95. The van der Waals surface area contributed by atoms with Crippen molar-refractivity contribution in [3.8, 4) is 5.19 Å². The van der Waals surface area contributed by atoms with Crippen LogP contribution in [0.15, 0.2) is 6.20 Å². The van der Waals surface area contributed by atoms with Gasteiger partial charge in [0.1, 0.15) is 6.61 Å². The van der Waals surface area contributed by atoms with Gasteiger partial charge in [0.2, 0.25) is 0 Å². The number of thiazole rings is 1. The Morgan fingerprint density at radius 1 is 1.39 bits per heavy atom. The van der Waals surface area contributed by atoms with E-state index in [0.717, 1.165) is 6.29 Å². The van der Waals surface area contributed by atoms with Gasteiger partial charge < -0.3 is 9.16 Å². The van der Waals surface area contributed by atoms with E-state index in [1.807, 2.05) is 0 Å². The van der Waals surface area contributed by atoms with Crippen LogP contribution in [0, 0.1) is 0 Å². The van der Waals surface area contributed by atoms with Crippen molar-refractivity contribution < 1.29 is 14.0 Å². The van der Waals surface area contributed by atoms with Crippen molar-refractivity contribution in [2.45, 2.75) is 38.9 Å². The Bertz CT molecular complexity index is 398. The van der Waals surface area contributed by atoms with E-state index in [0.29, 0.717) is 23.3 Å². The summed E-state index contributed by atoms with van der Waals surface area (Å²) in [6.07, 6.45) is 2.29. The van der Waals surface area contributed by atoms with E-state index >= 15 is 0 Å². The standard InChI is InChI=1S/C12H21NO3SSi/c1-12(2,3)18(4,5)16-7-6-15-11-13-8-10(9-14)17-11/h8-9H,6-7H2,1-5H3. The van der Waals surface area contributed by atoms with E-state index in [2.05, 4.69) is 38.8 Å². The third-order valence-electron chi connectivity index (χ3n) is 3.20. The molecule has 0 aliphatic heterocycles. The number of rotatable bonds is 6. The Labute approximate surface area is 113 Å². The number of hydrogen-bond donors (Lipinski definition) is 0. The van der Waals surface area contributed by atoms with Crippen molar-refractivity contribution in [1.82, 2.24) is 4.98 Å². The minimum Gasteiger partial charge on any atom is -0.468 e. The van der Waals surface area contributed by atoms with Crippen LogP contribution < -0.4 is 4.74 Å². The highest BCUT2D eigenvalue weighted by atomic mass is 32.1. The van der Waals surface area contributed by atoms with Crippen LogP contribution in [0.25, 0.3) is 0 Å². The van der Waals surface area contributed by atoms with Crippen molar-refractivity contribution >= 4 is 25.9 Å². The van der Waals surface area contributed by atoms with Crippen molar-refractivity contribution in [3.63, 3.8) is 0 Å². The Morgan fingerprint density at radius 3 is 2.56 bits per heavy atom. The van der Waals surface area contributed by atoms with E-state index in [4.69, 9.17) is 9.16 Å². The molecule has 4 nitrogen and oxygen atoms in total. The Hall–Kier alpha value is -0.723. The molecule has 6 heteroatoms. The summed E-state index contributed by atoms with van der Waals surface area (Å²) in [5, 5.41) is 0.731. The van der Waals surface area contributed by atoms with Crippen LogP contribution in [-0.2, 0) is 4.43 Å². The number of carbonyl (C=O) groups is 1. The van der Waals surface area contributed by atoms with E-state index in [-0.39, 0.29) is 5.04 Å². The summed E-state index contributed by atoms with van der Waals surface area (Å²) in [4.78, 5) is 15.1. The Kier molecular flexibility index (Phi) is 5.07. The van der Waals surface area contributed by atoms with Crippen LogP contribution >= 0.6 is 11.3 Å². The quantitative estimate of drug-likeness (QED) is 0.457. The summed E-state index contributed by atoms with van der Waals surface area (Å²) in [6, 6.07) is 0. The summed E-state index contributed by atoms with van der Waals surface area (Å²) < 4.78 is 11.4. The van der Waals surface area contributed by atoms with E-state index in [1.54, 1.807) is 0 Å². The van der Waals surface area contributed by atoms with Gasteiger partial charge in [0.25, 0.3) is 5.19 Å². The van der Waals surface area contributed by atoms with Gasteiger partial charge in [-0.05, 0) is 18.1 Å². The molecule has 1 aromatic heterocycles. The lowest BCUT2D eigenvalue weighted by Crippen LogP contribution is -2.41. The van der Waals surface area contributed by atoms with Crippen molar-refractivity contribution in [2.75, 3.05) is 13.2 Å². The number of carbonyl (C=O) groups excluding carboxylic acids is 1. The second-order valence-corrected chi connectivity index (χ2v) is 11.4. The molecule has 0 atom stereocenters. The zero-order chi connectivity index (χ0) is 13.8. The largest absolute Gasteiger partial charge is 0.468 e. The molecule has 0 spiro atoms. The first-order chi connectivity index (χ1) is 8.26. The summed E-state index contributed by atoms with van der Waals surface area (Å²) in [6.45, 7) is 12.1.